The van der Waals surface area contributed by atoms with Crippen LogP contribution in [0.15, 0.2) is 48.5 Å². The maximum absolute atomic E-state index is 12.3. The van der Waals surface area contributed by atoms with E-state index in [9.17, 15) is 13.2 Å². The quantitative estimate of drug-likeness (QED) is 0.595. The second-order valence-electron chi connectivity index (χ2n) is 8.37. The van der Waals surface area contributed by atoms with Crippen LogP contribution in [0.1, 0.15) is 33.3 Å². The van der Waals surface area contributed by atoms with Crippen molar-refractivity contribution >= 4 is 21.6 Å². The molecule has 0 radical (unpaired) electrons. The SMILES string of the molecule is C[C@@H](Oc1ccc(N(C)S(C)(=O)=O)cc1)C(=O)NCCOc1ccccc1C(C)(C)C. The lowest BCUT2D eigenvalue weighted by Crippen LogP contribution is -2.38. The molecule has 0 aromatic heterocycles. The van der Waals surface area contributed by atoms with Gasteiger partial charge in [0.15, 0.2) is 6.10 Å². The molecule has 0 saturated carbocycles. The first-order chi connectivity index (χ1) is 14.4. The Balaban J connectivity index is 1.83. The van der Waals surface area contributed by atoms with Crippen LogP contribution in [0.4, 0.5) is 5.69 Å². The highest BCUT2D eigenvalue weighted by Gasteiger charge is 2.19. The summed E-state index contributed by atoms with van der Waals surface area (Å²) in [6.45, 7) is 8.73. The number of sulfonamides is 1. The van der Waals surface area contributed by atoms with Crippen molar-refractivity contribution in [2.75, 3.05) is 30.8 Å². The van der Waals surface area contributed by atoms with E-state index >= 15 is 0 Å². The molecule has 0 saturated heterocycles. The summed E-state index contributed by atoms with van der Waals surface area (Å²) in [7, 11) is -1.86. The normalized spacial score (nSPS) is 12.7. The molecule has 0 unspecified atom stereocenters. The number of carbonyl (C=O) groups excluding carboxylic acids is 1. The molecule has 8 heteroatoms. The second-order valence-corrected chi connectivity index (χ2v) is 10.4. The Labute approximate surface area is 185 Å². The van der Waals surface area contributed by atoms with Crippen LogP contribution in [-0.2, 0) is 20.2 Å². The number of amides is 1. The van der Waals surface area contributed by atoms with Gasteiger partial charge in [0.2, 0.25) is 10.0 Å². The van der Waals surface area contributed by atoms with Crippen LogP contribution in [0.2, 0.25) is 0 Å². The standard InChI is InChI=1S/C23H32N2O5S/c1-17(30-19-13-11-18(12-14-19)25(5)31(6,27)28)22(26)24-15-16-29-21-10-8-7-9-20(21)23(2,3)4/h7-14,17H,15-16H2,1-6H3,(H,24,26)/t17-/m1/s1. The summed E-state index contributed by atoms with van der Waals surface area (Å²) in [6, 6.07) is 14.4. The molecule has 1 N–H and O–H groups in total. The lowest BCUT2D eigenvalue weighted by molar-refractivity contribution is -0.127. The Morgan fingerprint density at radius 2 is 1.71 bits per heavy atom. The third-order valence-corrected chi connectivity index (χ3v) is 5.94. The van der Waals surface area contributed by atoms with Crippen molar-refractivity contribution in [3.05, 3.63) is 54.1 Å². The molecule has 7 nitrogen and oxygen atoms in total. The minimum absolute atomic E-state index is 0.0339. The molecule has 31 heavy (non-hydrogen) atoms. The fourth-order valence-electron chi connectivity index (χ4n) is 2.87. The second kappa shape index (κ2) is 10.0. The smallest absolute Gasteiger partial charge is 0.260 e. The van der Waals surface area contributed by atoms with E-state index in [1.54, 1.807) is 31.2 Å². The Kier molecular flexibility index (Phi) is 7.95. The molecular weight excluding hydrogens is 416 g/mol. The van der Waals surface area contributed by atoms with Gasteiger partial charge < -0.3 is 14.8 Å². The summed E-state index contributed by atoms with van der Waals surface area (Å²) in [6.07, 6.45) is 0.426. The molecule has 0 spiro atoms. The van der Waals surface area contributed by atoms with Gasteiger partial charge in [0, 0.05) is 7.05 Å². The van der Waals surface area contributed by atoms with Crippen molar-refractivity contribution in [3.63, 3.8) is 0 Å². The van der Waals surface area contributed by atoms with E-state index in [4.69, 9.17) is 9.47 Å². The Morgan fingerprint density at radius 3 is 2.29 bits per heavy atom. The number of ether oxygens (including phenoxy) is 2. The van der Waals surface area contributed by atoms with Gasteiger partial charge in [0.05, 0.1) is 18.5 Å². The average Bonchev–Trinajstić information content (AvgIpc) is 2.70. The van der Waals surface area contributed by atoms with E-state index in [-0.39, 0.29) is 11.3 Å². The van der Waals surface area contributed by atoms with Crippen LogP contribution in [0.25, 0.3) is 0 Å². The average molecular weight is 449 g/mol. The monoisotopic (exact) mass is 448 g/mol. The van der Waals surface area contributed by atoms with Gasteiger partial charge in [0.25, 0.3) is 5.91 Å². The summed E-state index contributed by atoms with van der Waals surface area (Å²) in [4.78, 5) is 12.3. The molecule has 1 amide bonds. The third kappa shape index (κ3) is 7.17. The number of carbonyl (C=O) groups is 1. The number of benzene rings is 2. The molecule has 2 rings (SSSR count). The van der Waals surface area contributed by atoms with Gasteiger partial charge in [0.1, 0.15) is 18.1 Å². The first-order valence-electron chi connectivity index (χ1n) is 10.1. The predicted molar refractivity (Wildman–Crippen MR) is 123 cm³/mol. The maximum Gasteiger partial charge on any atom is 0.260 e. The van der Waals surface area contributed by atoms with Gasteiger partial charge in [-0.15, -0.1) is 0 Å². The molecule has 0 aliphatic heterocycles. The molecule has 0 bridgehead atoms. The number of nitrogens with zero attached hydrogens (tertiary/aromatic N) is 1. The number of para-hydroxylation sites is 1. The molecule has 0 aliphatic carbocycles. The van der Waals surface area contributed by atoms with Crippen LogP contribution in [0.3, 0.4) is 0 Å². The summed E-state index contributed by atoms with van der Waals surface area (Å²) < 4.78 is 35.9. The van der Waals surface area contributed by atoms with Crippen molar-refractivity contribution in [1.29, 1.82) is 0 Å². The van der Waals surface area contributed by atoms with Crippen molar-refractivity contribution in [1.82, 2.24) is 5.32 Å². The molecule has 170 valence electrons. The predicted octanol–water partition coefficient (Wildman–Crippen LogP) is 3.34. The van der Waals surface area contributed by atoms with Crippen molar-refractivity contribution in [2.24, 2.45) is 0 Å². The van der Waals surface area contributed by atoms with E-state index in [0.717, 1.165) is 17.6 Å². The number of anilines is 1. The van der Waals surface area contributed by atoms with E-state index in [1.165, 1.54) is 11.4 Å². The topological polar surface area (TPSA) is 84.9 Å². The molecule has 0 aliphatic rings. The Bertz CT molecular complexity index is 982. The first-order valence-corrected chi connectivity index (χ1v) is 11.9. The zero-order chi connectivity index (χ0) is 23.2. The van der Waals surface area contributed by atoms with Crippen LogP contribution in [0, 0.1) is 0 Å². The van der Waals surface area contributed by atoms with E-state index in [0.29, 0.717) is 24.6 Å². The van der Waals surface area contributed by atoms with Crippen LogP contribution < -0.4 is 19.1 Å². The fourth-order valence-corrected chi connectivity index (χ4v) is 3.38. The van der Waals surface area contributed by atoms with Gasteiger partial charge >= 0.3 is 0 Å². The molecule has 0 fully saturated rings. The van der Waals surface area contributed by atoms with Crippen molar-refractivity contribution < 1.29 is 22.7 Å². The first kappa shape index (κ1) is 24.5. The van der Waals surface area contributed by atoms with Gasteiger partial charge in [-0.3, -0.25) is 9.10 Å². The number of hydrogen-bond acceptors (Lipinski definition) is 5. The van der Waals surface area contributed by atoms with Crippen molar-refractivity contribution in [3.8, 4) is 11.5 Å². The van der Waals surface area contributed by atoms with E-state index in [2.05, 4.69) is 26.1 Å². The van der Waals surface area contributed by atoms with Gasteiger partial charge in [-0.25, -0.2) is 8.42 Å². The lowest BCUT2D eigenvalue weighted by Gasteiger charge is -2.22. The number of nitrogens with one attached hydrogen (secondary N) is 1. The minimum atomic E-state index is -3.33. The van der Waals surface area contributed by atoms with Gasteiger partial charge in [-0.05, 0) is 48.2 Å². The lowest BCUT2D eigenvalue weighted by atomic mass is 9.86. The highest BCUT2D eigenvalue weighted by Crippen LogP contribution is 2.30. The summed E-state index contributed by atoms with van der Waals surface area (Å²) in [5.41, 5.74) is 1.59. The minimum Gasteiger partial charge on any atom is -0.491 e. The summed E-state index contributed by atoms with van der Waals surface area (Å²) >= 11 is 0. The Morgan fingerprint density at radius 1 is 1.10 bits per heavy atom. The highest BCUT2D eigenvalue weighted by molar-refractivity contribution is 7.92. The zero-order valence-corrected chi connectivity index (χ0v) is 19.8. The van der Waals surface area contributed by atoms with Gasteiger partial charge in [-0.2, -0.15) is 0 Å². The van der Waals surface area contributed by atoms with Crippen molar-refractivity contribution in [2.45, 2.75) is 39.2 Å². The van der Waals surface area contributed by atoms with Crippen LogP contribution in [0.5, 0.6) is 11.5 Å². The highest BCUT2D eigenvalue weighted by atomic mass is 32.2. The zero-order valence-electron chi connectivity index (χ0n) is 19.0. The van der Waals surface area contributed by atoms with E-state index < -0.39 is 16.1 Å². The fraction of sp³-hybridized carbons (Fsp3) is 0.435. The third-order valence-electron chi connectivity index (χ3n) is 4.73. The molecule has 1 atom stereocenters. The molecule has 0 heterocycles. The van der Waals surface area contributed by atoms with E-state index in [1.807, 2.05) is 24.3 Å². The number of rotatable bonds is 9. The molecule has 2 aromatic rings. The van der Waals surface area contributed by atoms with Crippen LogP contribution >= 0.6 is 0 Å². The molecular formula is C23H32N2O5S. The summed E-state index contributed by atoms with van der Waals surface area (Å²) in [5, 5.41) is 2.80. The number of hydrogen-bond donors (Lipinski definition) is 1. The Hall–Kier alpha value is -2.74. The largest absolute Gasteiger partial charge is 0.491 e. The van der Waals surface area contributed by atoms with Gasteiger partial charge in [-0.1, -0.05) is 39.0 Å². The van der Waals surface area contributed by atoms with Crippen LogP contribution in [-0.4, -0.2) is 46.9 Å². The maximum atomic E-state index is 12.3. The molecule has 2 aromatic carbocycles. The summed E-state index contributed by atoms with van der Waals surface area (Å²) in [5.74, 6) is 1.03.